The molecular weight excluding hydrogens is 323 g/mol. The van der Waals surface area contributed by atoms with Gasteiger partial charge in [0, 0.05) is 33.8 Å². The first kappa shape index (κ1) is 15.2. The molecule has 0 saturated heterocycles. The van der Waals surface area contributed by atoms with Crippen LogP contribution < -0.4 is 0 Å². The number of hydrogen-bond donors (Lipinski definition) is 0. The molecule has 0 spiro atoms. The van der Waals surface area contributed by atoms with E-state index in [1.54, 1.807) is 6.07 Å². The second kappa shape index (κ2) is 6.18. The van der Waals surface area contributed by atoms with Crippen molar-refractivity contribution in [3.05, 3.63) is 70.4 Å². The van der Waals surface area contributed by atoms with Crippen molar-refractivity contribution in [2.24, 2.45) is 0 Å². The largest absolute Gasteiger partial charge is 0.307 e. The molecule has 0 aliphatic carbocycles. The monoisotopic (exact) mass is 336 g/mol. The summed E-state index contributed by atoms with van der Waals surface area (Å²) in [4.78, 5) is 4.48. The molecular formula is C16H14ClFN2OS. The number of aryl methyl sites for hydroxylation is 1. The highest BCUT2D eigenvalue weighted by Crippen LogP contribution is 2.21. The Balaban J connectivity index is 1.80. The minimum atomic E-state index is -1.28. The van der Waals surface area contributed by atoms with E-state index in [9.17, 15) is 8.60 Å². The maximum atomic E-state index is 13.7. The first-order valence-corrected chi connectivity index (χ1v) is 8.62. The summed E-state index contributed by atoms with van der Waals surface area (Å²) >= 11 is 5.97. The Kier molecular flexibility index (Phi) is 4.27. The fourth-order valence-corrected chi connectivity index (χ4v) is 3.82. The molecule has 3 rings (SSSR count). The minimum absolute atomic E-state index is 0.0817. The molecule has 1 unspecified atom stereocenters. The van der Waals surface area contributed by atoms with Crippen molar-refractivity contribution in [2.45, 2.75) is 18.4 Å². The molecule has 3 nitrogen and oxygen atoms in total. The van der Waals surface area contributed by atoms with Crippen LogP contribution in [0.3, 0.4) is 0 Å². The number of hydrogen-bond acceptors (Lipinski definition) is 2. The number of pyridine rings is 1. The molecule has 2 aromatic heterocycles. The van der Waals surface area contributed by atoms with Crippen LogP contribution >= 0.6 is 11.6 Å². The lowest BCUT2D eigenvalue weighted by Gasteiger charge is -2.05. The molecule has 0 bridgehead atoms. The van der Waals surface area contributed by atoms with E-state index in [2.05, 4.69) is 4.98 Å². The lowest BCUT2D eigenvalue weighted by molar-refractivity contribution is 0.615. The highest BCUT2D eigenvalue weighted by Gasteiger charge is 2.13. The zero-order valence-electron chi connectivity index (χ0n) is 11.9. The molecule has 0 amide bonds. The number of rotatable bonds is 4. The number of benzene rings is 1. The van der Waals surface area contributed by atoms with Crippen LogP contribution in [0.25, 0.3) is 5.65 Å². The van der Waals surface area contributed by atoms with E-state index >= 15 is 0 Å². The van der Waals surface area contributed by atoms with Gasteiger partial charge in [0.1, 0.15) is 11.5 Å². The summed E-state index contributed by atoms with van der Waals surface area (Å²) in [7, 11) is -1.28. The van der Waals surface area contributed by atoms with Crippen LogP contribution in [-0.2, 0) is 22.3 Å². The molecule has 6 heteroatoms. The lowest BCUT2D eigenvalue weighted by Crippen LogP contribution is -2.02. The van der Waals surface area contributed by atoms with Crippen molar-refractivity contribution >= 4 is 28.0 Å². The Hall–Kier alpha value is -1.72. The third-order valence-electron chi connectivity index (χ3n) is 3.40. The van der Waals surface area contributed by atoms with E-state index in [0.29, 0.717) is 10.6 Å². The van der Waals surface area contributed by atoms with E-state index < -0.39 is 16.6 Å². The Morgan fingerprint density at radius 3 is 2.82 bits per heavy atom. The lowest BCUT2D eigenvalue weighted by atomic mass is 10.2. The quantitative estimate of drug-likeness (QED) is 0.724. The van der Waals surface area contributed by atoms with Crippen LogP contribution in [0.2, 0.25) is 5.02 Å². The second-order valence-electron chi connectivity index (χ2n) is 5.08. The molecule has 0 fully saturated rings. The van der Waals surface area contributed by atoms with Crippen molar-refractivity contribution in [3.8, 4) is 0 Å². The van der Waals surface area contributed by atoms with Crippen LogP contribution in [0.5, 0.6) is 0 Å². The predicted molar refractivity (Wildman–Crippen MR) is 86.9 cm³/mol. The van der Waals surface area contributed by atoms with Gasteiger partial charge in [-0.1, -0.05) is 23.7 Å². The van der Waals surface area contributed by atoms with Gasteiger partial charge in [-0.25, -0.2) is 9.37 Å². The summed E-state index contributed by atoms with van der Waals surface area (Å²) in [6.45, 7) is 1.97. The molecule has 1 atom stereocenters. The Labute approximate surface area is 135 Å². The summed E-state index contributed by atoms with van der Waals surface area (Å²) in [6, 6.07) is 8.37. The molecule has 114 valence electrons. The molecule has 0 N–H and O–H groups in total. The molecule has 0 aliphatic rings. The van der Waals surface area contributed by atoms with E-state index in [4.69, 9.17) is 11.6 Å². The van der Waals surface area contributed by atoms with Crippen molar-refractivity contribution in [1.29, 1.82) is 0 Å². The number of nitrogens with zero attached hydrogens (tertiary/aromatic N) is 2. The standard InChI is InChI=1S/C16H14ClFN2OS/c1-11-4-3-7-20-8-12(19-16(11)20)9-22(21)10-13-14(17)5-2-6-15(13)18/h2-8H,9-10H2,1H3. The van der Waals surface area contributed by atoms with E-state index in [1.807, 2.05) is 35.9 Å². The molecule has 1 aromatic carbocycles. The van der Waals surface area contributed by atoms with E-state index in [0.717, 1.165) is 16.9 Å². The fraction of sp³-hybridized carbons (Fsp3) is 0.188. The van der Waals surface area contributed by atoms with Gasteiger partial charge in [0.05, 0.1) is 17.2 Å². The van der Waals surface area contributed by atoms with Gasteiger partial charge in [0.15, 0.2) is 0 Å². The van der Waals surface area contributed by atoms with Crippen molar-refractivity contribution in [1.82, 2.24) is 9.38 Å². The predicted octanol–water partition coefficient (Wildman–Crippen LogP) is 3.88. The number of aromatic nitrogens is 2. The number of imidazole rings is 1. The van der Waals surface area contributed by atoms with Crippen LogP contribution in [0.4, 0.5) is 4.39 Å². The molecule has 22 heavy (non-hydrogen) atoms. The topological polar surface area (TPSA) is 34.4 Å². The van der Waals surface area contributed by atoms with Crippen molar-refractivity contribution in [2.75, 3.05) is 0 Å². The Morgan fingerprint density at radius 1 is 1.27 bits per heavy atom. The highest BCUT2D eigenvalue weighted by molar-refractivity contribution is 7.83. The zero-order chi connectivity index (χ0) is 15.7. The van der Waals surface area contributed by atoms with Gasteiger partial charge in [0.2, 0.25) is 0 Å². The smallest absolute Gasteiger partial charge is 0.139 e. The van der Waals surface area contributed by atoms with Gasteiger partial charge in [-0.05, 0) is 30.7 Å². The summed E-state index contributed by atoms with van der Waals surface area (Å²) in [5.74, 6) is -0.0730. The number of fused-ring (bicyclic) bond motifs is 1. The van der Waals surface area contributed by atoms with Gasteiger partial charge in [0.25, 0.3) is 0 Å². The van der Waals surface area contributed by atoms with Crippen LogP contribution in [0.15, 0.2) is 42.7 Å². The molecule has 0 radical (unpaired) electrons. The van der Waals surface area contributed by atoms with Gasteiger partial charge >= 0.3 is 0 Å². The van der Waals surface area contributed by atoms with Gasteiger partial charge in [-0.3, -0.25) is 4.21 Å². The minimum Gasteiger partial charge on any atom is -0.307 e. The fourth-order valence-electron chi connectivity index (χ4n) is 2.32. The van der Waals surface area contributed by atoms with Crippen molar-refractivity contribution < 1.29 is 8.60 Å². The van der Waals surface area contributed by atoms with Crippen LogP contribution in [0.1, 0.15) is 16.8 Å². The number of halogens is 2. The summed E-state index contributed by atoms with van der Waals surface area (Å²) in [6.07, 6.45) is 3.75. The summed E-state index contributed by atoms with van der Waals surface area (Å²) < 4.78 is 27.9. The third kappa shape index (κ3) is 3.05. The van der Waals surface area contributed by atoms with Gasteiger partial charge < -0.3 is 4.40 Å². The Bertz CT molecular complexity index is 842. The summed E-state index contributed by atoms with van der Waals surface area (Å²) in [5, 5.41) is 0.305. The average Bonchev–Trinajstić information content (AvgIpc) is 2.87. The Morgan fingerprint density at radius 2 is 2.09 bits per heavy atom. The van der Waals surface area contributed by atoms with E-state index in [-0.39, 0.29) is 11.5 Å². The SMILES string of the molecule is Cc1cccn2cc(CS(=O)Cc3c(F)cccc3Cl)nc12. The molecule has 3 aromatic rings. The van der Waals surface area contributed by atoms with E-state index in [1.165, 1.54) is 12.1 Å². The first-order valence-electron chi connectivity index (χ1n) is 6.75. The molecule has 2 heterocycles. The van der Waals surface area contributed by atoms with Gasteiger partial charge in [-0.2, -0.15) is 0 Å². The van der Waals surface area contributed by atoms with Gasteiger partial charge in [-0.15, -0.1) is 0 Å². The second-order valence-corrected chi connectivity index (χ2v) is 6.95. The van der Waals surface area contributed by atoms with Crippen LogP contribution in [0, 0.1) is 12.7 Å². The maximum absolute atomic E-state index is 13.7. The maximum Gasteiger partial charge on any atom is 0.139 e. The summed E-state index contributed by atoms with van der Waals surface area (Å²) in [5.41, 5.74) is 2.91. The third-order valence-corrected chi connectivity index (χ3v) is 4.99. The average molecular weight is 337 g/mol. The zero-order valence-corrected chi connectivity index (χ0v) is 13.5. The highest BCUT2D eigenvalue weighted by atomic mass is 35.5. The first-order chi connectivity index (χ1) is 10.5. The molecule has 0 aliphatic heterocycles. The molecule has 0 saturated carbocycles. The van der Waals surface area contributed by atoms with Crippen molar-refractivity contribution in [3.63, 3.8) is 0 Å². The normalized spacial score (nSPS) is 12.7. The van der Waals surface area contributed by atoms with Crippen LogP contribution in [-0.4, -0.2) is 13.6 Å².